The van der Waals surface area contributed by atoms with Gasteiger partial charge in [-0.05, 0) is 92.3 Å². The van der Waals surface area contributed by atoms with Gasteiger partial charge in [-0.25, -0.2) is 4.68 Å². The van der Waals surface area contributed by atoms with Crippen molar-refractivity contribution >= 4 is 34.8 Å². The molecule has 8 heteroatoms. The van der Waals surface area contributed by atoms with Gasteiger partial charge in [-0.3, -0.25) is 15.6 Å². The zero-order valence-electron chi connectivity index (χ0n) is 18.9. The first-order chi connectivity index (χ1) is 16.5. The van der Waals surface area contributed by atoms with Gasteiger partial charge in [0.05, 0.1) is 29.2 Å². The zero-order chi connectivity index (χ0) is 23.4. The number of hydrogen-bond donors (Lipinski definition) is 2. The SMILES string of the molecule is COc1ccc(-n2nc(C(=O)NNc3ccc(Cl)cc3Cl)c3c2C2CC4CC(CC3C4)C2)cc1. The number of benzene rings is 2. The van der Waals surface area contributed by atoms with Crippen LogP contribution in [0.3, 0.4) is 0 Å². The second-order valence-corrected chi connectivity index (χ2v) is 10.6. The molecule has 3 aromatic rings. The number of hydrazine groups is 1. The van der Waals surface area contributed by atoms with Crippen molar-refractivity contribution in [3.8, 4) is 11.4 Å². The summed E-state index contributed by atoms with van der Waals surface area (Å²) in [6.45, 7) is 0. The lowest BCUT2D eigenvalue weighted by molar-refractivity contribution is 0.0954. The summed E-state index contributed by atoms with van der Waals surface area (Å²) in [6, 6.07) is 13.0. The number of nitrogens with one attached hydrogen (secondary N) is 2. The Morgan fingerprint density at radius 3 is 2.38 bits per heavy atom. The number of nitrogens with zero attached hydrogens (tertiary/aromatic N) is 2. The molecule has 0 aliphatic heterocycles. The number of methoxy groups -OCH3 is 1. The van der Waals surface area contributed by atoms with Crippen molar-refractivity contribution in [1.29, 1.82) is 0 Å². The molecule has 2 N–H and O–H groups in total. The van der Waals surface area contributed by atoms with E-state index in [-0.39, 0.29) is 5.91 Å². The molecule has 4 bridgehead atoms. The van der Waals surface area contributed by atoms with Gasteiger partial charge < -0.3 is 4.74 Å². The maximum Gasteiger partial charge on any atom is 0.290 e. The number of rotatable bonds is 5. The number of ether oxygens (including phenoxy) is 1. The summed E-state index contributed by atoms with van der Waals surface area (Å²) in [5.74, 6) is 2.82. The van der Waals surface area contributed by atoms with E-state index in [1.54, 1.807) is 25.3 Å². The van der Waals surface area contributed by atoms with Crippen molar-refractivity contribution in [2.75, 3.05) is 12.5 Å². The van der Waals surface area contributed by atoms with Crippen LogP contribution in [-0.2, 0) is 0 Å². The largest absolute Gasteiger partial charge is 0.497 e. The first-order valence-corrected chi connectivity index (χ1v) is 12.5. The maximum atomic E-state index is 13.5. The highest BCUT2D eigenvalue weighted by atomic mass is 35.5. The number of carbonyl (C=O) groups excluding carboxylic acids is 1. The second-order valence-electron chi connectivity index (χ2n) is 9.77. The maximum absolute atomic E-state index is 13.5. The number of anilines is 1. The standard InChI is InChI=1S/C26H26Cl2N4O2/c1-34-20-5-3-19(4-6-20)32-25-17-11-14-8-15(12-17)10-16(9-14)23(25)24(31-32)26(33)30-29-22-7-2-18(27)13-21(22)28/h2-7,13-17,29H,8-12H2,1H3,(H,30,33). The third-order valence-corrected chi connectivity index (χ3v) is 8.21. The molecule has 1 heterocycles. The van der Waals surface area contributed by atoms with Gasteiger partial charge >= 0.3 is 0 Å². The Hall–Kier alpha value is -2.70. The molecule has 2 saturated carbocycles. The van der Waals surface area contributed by atoms with E-state index in [4.69, 9.17) is 33.0 Å². The monoisotopic (exact) mass is 496 g/mol. The summed E-state index contributed by atoms with van der Waals surface area (Å²) in [5, 5.41) is 5.87. The number of hydrogen-bond acceptors (Lipinski definition) is 4. The van der Waals surface area contributed by atoms with Gasteiger partial charge in [0.25, 0.3) is 5.91 Å². The Morgan fingerprint density at radius 1 is 1.00 bits per heavy atom. The summed E-state index contributed by atoms with van der Waals surface area (Å²) in [6.07, 6.45) is 5.98. The molecule has 34 heavy (non-hydrogen) atoms. The van der Waals surface area contributed by atoms with E-state index in [1.807, 2.05) is 28.9 Å². The highest BCUT2D eigenvalue weighted by Gasteiger charge is 2.46. The van der Waals surface area contributed by atoms with Crippen LogP contribution in [0, 0.1) is 11.8 Å². The molecule has 0 spiro atoms. The fraction of sp³-hybridized carbons (Fsp3) is 0.385. The smallest absolute Gasteiger partial charge is 0.290 e. The molecule has 2 fully saturated rings. The number of aromatic nitrogens is 2. The average Bonchev–Trinajstić information content (AvgIpc) is 3.15. The van der Waals surface area contributed by atoms with Crippen molar-refractivity contribution in [1.82, 2.24) is 15.2 Å². The van der Waals surface area contributed by atoms with Crippen LogP contribution in [0.15, 0.2) is 42.5 Å². The Kier molecular flexibility index (Phi) is 5.46. The Balaban J connectivity index is 1.39. The van der Waals surface area contributed by atoms with Crippen molar-refractivity contribution in [3.63, 3.8) is 0 Å². The molecule has 2 unspecified atom stereocenters. The van der Waals surface area contributed by atoms with Gasteiger partial charge in [0.15, 0.2) is 5.69 Å². The molecule has 0 radical (unpaired) electrons. The van der Waals surface area contributed by atoms with Crippen molar-refractivity contribution in [2.24, 2.45) is 11.8 Å². The summed E-state index contributed by atoms with van der Waals surface area (Å²) in [5.41, 5.74) is 10.1. The highest BCUT2D eigenvalue weighted by molar-refractivity contribution is 6.36. The third kappa shape index (κ3) is 3.73. The Morgan fingerprint density at radius 2 is 1.71 bits per heavy atom. The number of amides is 1. The Labute approximate surface area is 208 Å². The van der Waals surface area contributed by atoms with E-state index in [0.717, 1.165) is 41.7 Å². The molecule has 2 aromatic carbocycles. The predicted octanol–water partition coefficient (Wildman–Crippen LogP) is 6.34. The van der Waals surface area contributed by atoms with E-state index >= 15 is 0 Å². The van der Waals surface area contributed by atoms with Crippen molar-refractivity contribution < 1.29 is 9.53 Å². The van der Waals surface area contributed by atoms with E-state index in [1.165, 1.54) is 25.0 Å². The number of halogens is 2. The topological polar surface area (TPSA) is 68.2 Å². The molecule has 1 amide bonds. The second kappa shape index (κ2) is 8.51. The lowest BCUT2D eigenvalue weighted by atomic mass is 9.67. The van der Waals surface area contributed by atoms with Gasteiger partial charge in [0.2, 0.25) is 0 Å². The third-order valence-electron chi connectivity index (χ3n) is 7.67. The fourth-order valence-corrected chi connectivity index (χ4v) is 6.87. The molecule has 4 aliphatic rings. The van der Waals surface area contributed by atoms with Crippen LogP contribution in [-0.4, -0.2) is 22.8 Å². The average molecular weight is 497 g/mol. The minimum absolute atomic E-state index is 0.254. The molecule has 2 atom stereocenters. The molecule has 6 nitrogen and oxygen atoms in total. The lowest BCUT2D eigenvalue weighted by Crippen LogP contribution is -2.31. The first-order valence-electron chi connectivity index (χ1n) is 11.8. The molecule has 4 aliphatic carbocycles. The van der Waals surface area contributed by atoms with Gasteiger partial charge in [0, 0.05) is 16.5 Å². The van der Waals surface area contributed by atoms with Gasteiger partial charge in [-0.1, -0.05) is 23.2 Å². The molecule has 0 saturated heterocycles. The summed E-state index contributed by atoms with van der Waals surface area (Å²) in [7, 11) is 1.66. The highest BCUT2D eigenvalue weighted by Crippen LogP contribution is 2.57. The Bertz CT molecular complexity index is 1240. The van der Waals surface area contributed by atoms with Crippen LogP contribution >= 0.6 is 23.2 Å². The van der Waals surface area contributed by atoms with Crippen molar-refractivity contribution in [2.45, 2.75) is 43.9 Å². The zero-order valence-corrected chi connectivity index (χ0v) is 20.4. The fourth-order valence-electron chi connectivity index (χ4n) is 6.41. The minimum atomic E-state index is -0.254. The van der Waals surface area contributed by atoms with Crippen LogP contribution in [0.2, 0.25) is 10.0 Å². The van der Waals surface area contributed by atoms with Crippen molar-refractivity contribution in [3.05, 3.63) is 69.5 Å². The van der Waals surface area contributed by atoms with Crippen LogP contribution in [0.5, 0.6) is 5.75 Å². The summed E-state index contributed by atoms with van der Waals surface area (Å²) in [4.78, 5) is 13.5. The first kappa shape index (κ1) is 21.8. The van der Waals surface area contributed by atoms with E-state index < -0.39 is 0 Å². The van der Waals surface area contributed by atoms with Crippen LogP contribution in [0.1, 0.15) is 65.7 Å². The molecule has 1 aromatic heterocycles. The summed E-state index contributed by atoms with van der Waals surface area (Å²) >= 11 is 12.3. The molecular formula is C26H26Cl2N4O2. The van der Waals surface area contributed by atoms with Crippen LogP contribution < -0.4 is 15.6 Å². The van der Waals surface area contributed by atoms with Crippen LogP contribution in [0.25, 0.3) is 5.69 Å². The number of carbonyl (C=O) groups is 1. The molecule has 7 rings (SSSR count). The normalized spacial score (nSPS) is 24.4. The van der Waals surface area contributed by atoms with E-state index in [9.17, 15) is 4.79 Å². The van der Waals surface area contributed by atoms with E-state index in [2.05, 4.69) is 10.9 Å². The van der Waals surface area contributed by atoms with Gasteiger partial charge in [-0.15, -0.1) is 0 Å². The predicted molar refractivity (Wildman–Crippen MR) is 133 cm³/mol. The van der Waals surface area contributed by atoms with Gasteiger partial charge in [-0.2, -0.15) is 5.10 Å². The van der Waals surface area contributed by atoms with E-state index in [0.29, 0.717) is 33.3 Å². The minimum Gasteiger partial charge on any atom is -0.497 e. The van der Waals surface area contributed by atoms with Crippen LogP contribution in [0.4, 0.5) is 5.69 Å². The lowest BCUT2D eigenvalue weighted by Gasteiger charge is -2.38. The summed E-state index contributed by atoms with van der Waals surface area (Å²) < 4.78 is 7.35. The van der Waals surface area contributed by atoms with Gasteiger partial charge in [0.1, 0.15) is 5.75 Å². The quantitative estimate of drug-likeness (QED) is 0.404. The molecule has 176 valence electrons. The molecular weight excluding hydrogens is 471 g/mol.